The zero-order valence-corrected chi connectivity index (χ0v) is 14.2. The van der Waals surface area contributed by atoms with Gasteiger partial charge in [-0.25, -0.2) is 10.4 Å². The number of hydrogen-bond donors (Lipinski definition) is 3. The van der Waals surface area contributed by atoms with E-state index in [1.807, 2.05) is 6.07 Å². The number of benzene rings is 2. The number of rotatable bonds is 5. The monoisotopic (exact) mass is 376 g/mol. The van der Waals surface area contributed by atoms with Crippen molar-refractivity contribution in [2.45, 2.75) is 0 Å². The van der Waals surface area contributed by atoms with Crippen LogP contribution in [0.1, 0.15) is 11.1 Å². The third-order valence-electron chi connectivity index (χ3n) is 3.60. The SMILES string of the molecule is N#Cc1c(-c2ccccc2)nc(NN=Cc2cc(O)cc([N+](=O)[O-])c2)[nH]c1=O. The van der Waals surface area contributed by atoms with E-state index in [0.717, 1.165) is 6.07 Å². The lowest BCUT2D eigenvalue weighted by molar-refractivity contribution is -0.384. The number of hydrogen-bond acceptors (Lipinski definition) is 8. The Kier molecular flexibility index (Phi) is 5.09. The summed E-state index contributed by atoms with van der Waals surface area (Å²) in [5.41, 5.74) is 2.48. The number of nitrogens with zero attached hydrogens (tertiary/aromatic N) is 4. The minimum absolute atomic E-state index is 0.0197. The molecule has 0 radical (unpaired) electrons. The highest BCUT2D eigenvalue weighted by Gasteiger charge is 2.13. The highest BCUT2D eigenvalue weighted by atomic mass is 16.6. The number of nitriles is 1. The Morgan fingerprint density at radius 3 is 2.71 bits per heavy atom. The fourth-order valence-electron chi connectivity index (χ4n) is 2.40. The molecule has 10 nitrogen and oxygen atoms in total. The van der Waals surface area contributed by atoms with E-state index in [9.17, 15) is 25.3 Å². The van der Waals surface area contributed by atoms with Crippen LogP contribution in [0.5, 0.6) is 5.75 Å². The van der Waals surface area contributed by atoms with Crippen LogP contribution in [0, 0.1) is 21.4 Å². The van der Waals surface area contributed by atoms with Crippen molar-refractivity contribution in [1.82, 2.24) is 9.97 Å². The van der Waals surface area contributed by atoms with Crippen molar-refractivity contribution in [3.05, 3.63) is 80.1 Å². The number of non-ortho nitro benzene ring substituents is 1. The minimum atomic E-state index is -0.643. The Balaban J connectivity index is 1.91. The molecule has 0 aliphatic heterocycles. The molecule has 0 atom stereocenters. The van der Waals surface area contributed by atoms with Crippen LogP contribution in [0.15, 0.2) is 58.4 Å². The molecule has 0 aliphatic rings. The molecule has 10 heteroatoms. The number of anilines is 1. The number of nitro groups is 1. The first-order valence-electron chi connectivity index (χ1n) is 7.85. The predicted molar refractivity (Wildman–Crippen MR) is 101 cm³/mol. The highest BCUT2D eigenvalue weighted by molar-refractivity contribution is 5.82. The fourth-order valence-corrected chi connectivity index (χ4v) is 2.40. The molecule has 0 aliphatic carbocycles. The number of aromatic hydroxyl groups is 1. The van der Waals surface area contributed by atoms with Gasteiger partial charge in [0.2, 0.25) is 5.95 Å². The lowest BCUT2D eigenvalue weighted by atomic mass is 10.1. The van der Waals surface area contributed by atoms with E-state index in [1.165, 1.54) is 18.3 Å². The predicted octanol–water partition coefficient (Wildman–Crippen LogP) is 2.37. The summed E-state index contributed by atoms with van der Waals surface area (Å²) in [6.45, 7) is 0. The maximum absolute atomic E-state index is 12.1. The number of aromatic amines is 1. The first-order chi connectivity index (χ1) is 13.5. The van der Waals surface area contributed by atoms with Gasteiger partial charge in [-0.2, -0.15) is 10.4 Å². The number of phenols is 1. The molecule has 0 spiro atoms. The molecule has 3 aromatic rings. The average Bonchev–Trinajstić information content (AvgIpc) is 2.68. The van der Waals surface area contributed by atoms with Crippen LogP contribution >= 0.6 is 0 Å². The van der Waals surface area contributed by atoms with E-state index in [2.05, 4.69) is 20.5 Å². The summed E-state index contributed by atoms with van der Waals surface area (Å²) in [7, 11) is 0. The molecule has 138 valence electrons. The number of nitro benzene ring substituents is 1. The van der Waals surface area contributed by atoms with Crippen molar-refractivity contribution < 1.29 is 10.0 Å². The number of H-pyrrole nitrogens is 1. The normalized spacial score (nSPS) is 10.5. The van der Waals surface area contributed by atoms with Crippen LogP contribution in [0.25, 0.3) is 11.3 Å². The Bertz CT molecular complexity index is 1160. The van der Waals surface area contributed by atoms with E-state index >= 15 is 0 Å². The zero-order valence-electron chi connectivity index (χ0n) is 14.2. The van der Waals surface area contributed by atoms with Crippen LogP contribution < -0.4 is 11.0 Å². The number of hydrazone groups is 1. The van der Waals surface area contributed by atoms with Gasteiger partial charge in [0.05, 0.1) is 22.9 Å². The zero-order chi connectivity index (χ0) is 20.1. The molecule has 28 heavy (non-hydrogen) atoms. The molecule has 1 aromatic heterocycles. The van der Waals surface area contributed by atoms with Crippen LogP contribution in [-0.2, 0) is 0 Å². The van der Waals surface area contributed by atoms with E-state index in [-0.39, 0.29) is 34.2 Å². The summed E-state index contributed by atoms with van der Waals surface area (Å²) in [4.78, 5) is 28.9. The van der Waals surface area contributed by atoms with Crippen LogP contribution in [0.2, 0.25) is 0 Å². The lowest BCUT2D eigenvalue weighted by Crippen LogP contribution is -2.16. The van der Waals surface area contributed by atoms with Crippen LogP contribution in [0.3, 0.4) is 0 Å². The smallest absolute Gasteiger partial charge is 0.273 e. The van der Waals surface area contributed by atoms with Crippen molar-refractivity contribution in [2.24, 2.45) is 5.10 Å². The van der Waals surface area contributed by atoms with Gasteiger partial charge < -0.3 is 5.11 Å². The van der Waals surface area contributed by atoms with Crippen LogP contribution in [0.4, 0.5) is 11.6 Å². The summed E-state index contributed by atoms with van der Waals surface area (Å²) >= 11 is 0. The van der Waals surface area contributed by atoms with E-state index in [4.69, 9.17) is 0 Å². The largest absolute Gasteiger partial charge is 0.508 e. The Morgan fingerprint density at radius 1 is 1.29 bits per heavy atom. The summed E-state index contributed by atoms with van der Waals surface area (Å²) < 4.78 is 0. The van der Waals surface area contributed by atoms with Gasteiger partial charge in [-0.3, -0.25) is 19.9 Å². The van der Waals surface area contributed by atoms with Crippen molar-refractivity contribution in [3.63, 3.8) is 0 Å². The third-order valence-corrected chi connectivity index (χ3v) is 3.60. The topological polar surface area (TPSA) is 157 Å². The first-order valence-corrected chi connectivity index (χ1v) is 7.85. The van der Waals surface area contributed by atoms with Gasteiger partial charge in [0.1, 0.15) is 17.4 Å². The molecule has 0 saturated carbocycles. The van der Waals surface area contributed by atoms with Crippen molar-refractivity contribution in [3.8, 4) is 23.1 Å². The van der Waals surface area contributed by atoms with Gasteiger partial charge in [0.25, 0.3) is 11.2 Å². The molecular formula is C18H12N6O4. The van der Waals surface area contributed by atoms with E-state index in [0.29, 0.717) is 5.56 Å². The molecular weight excluding hydrogens is 364 g/mol. The Labute approximate surface area is 157 Å². The maximum atomic E-state index is 12.1. The van der Waals surface area contributed by atoms with Crippen molar-refractivity contribution in [1.29, 1.82) is 5.26 Å². The molecule has 0 fully saturated rings. The minimum Gasteiger partial charge on any atom is -0.508 e. The van der Waals surface area contributed by atoms with Crippen LogP contribution in [-0.4, -0.2) is 26.2 Å². The number of phenolic OH excluding ortho intramolecular Hbond substituents is 1. The third kappa shape index (κ3) is 4.00. The average molecular weight is 376 g/mol. The fraction of sp³-hybridized carbons (Fsp3) is 0. The molecule has 3 rings (SSSR count). The number of aromatic nitrogens is 2. The van der Waals surface area contributed by atoms with E-state index in [1.54, 1.807) is 30.3 Å². The molecule has 0 saturated heterocycles. The van der Waals surface area contributed by atoms with Gasteiger partial charge in [-0.05, 0) is 6.07 Å². The second kappa shape index (κ2) is 7.79. The molecule has 0 amide bonds. The van der Waals surface area contributed by atoms with Gasteiger partial charge in [0, 0.05) is 17.2 Å². The molecule has 0 unspecified atom stereocenters. The lowest BCUT2D eigenvalue weighted by Gasteiger charge is -2.06. The number of nitrogens with one attached hydrogen (secondary N) is 2. The summed E-state index contributed by atoms with van der Waals surface area (Å²) in [6.07, 6.45) is 1.22. The summed E-state index contributed by atoms with van der Waals surface area (Å²) in [5.74, 6) is -0.305. The molecule has 1 heterocycles. The summed E-state index contributed by atoms with van der Waals surface area (Å²) in [5, 5.41) is 33.5. The van der Waals surface area contributed by atoms with Crippen molar-refractivity contribution >= 4 is 17.9 Å². The van der Waals surface area contributed by atoms with Gasteiger partial charge in [-0.1, -0.05) is 30.3 Å². The summed E-state index contributed by atoms with van der Waals surface area (Å²) in [6, 6.07) is 14.0. The van der Waals surface area contributed by atoms with Crippen molar-refractivity contribution in [2.75, 3.05) is 5.43 Å². The standard InChI is InChI=1S/C18H12N6O4/c19-9-15-16(12-4-2-1-3-5-12)21-18(22-17(15)26)23-20-10-11-6-13(24(27)28)8-14(25)7-11/h1-8,10,25H,(H2,21,22,23,26). The highest BCUT2D eigenvalue weighted by Crippen LogP contribution is 2.21. The Morgan fingerprint density at radius 2 is 2.04 bits per heavy atom. The molecule has 3 N–H and O–H groups in total. The second-order valence-electron chi connectivity index (χ2n) is 5.53. The molecule has 2 aromatic carbocycles. The first kappa shape index (κ1) is 18.3. The van der Waals surface area contributed by atoms with Gasteiger partial charge >= 0.3 is 0 Å². The second-order valence-corrected chi connectivity index (χ2v) is 5.53. The Hall–Kier alpha value is -4.52. The van der Waals surface area contributed by atoms with E-state index < -0.39 is 10.5 Å². The van der Waals surface area contributed by atoms with Gasteiger partial charge in [0.15, 0.2) is 0 Å². The van der Waals surface area contributed by atoms with Gasteiger partial charge in [-0.15, -0.1) is 0 Å². The molecule has 0 bridgehead atoms. The quantitative estimate of drug-likeness (QED) is 0.350. The maximum Gasteiger partial charge on any atom is 0.273 e.